The van der Waals surface area contributed by atoms with Crippen molar-refractivity contribution in [2.45, 2.75) is 51.9 Å². The summed E-state index contributed by atoms with van der Waals surface area (Å²) in [7, 11) is 0. The molecule has 26 heavy (non-hydrogen) atoms. The Labute approximate surface area is 153 Å². The van der Waals surface area contributed by atoms with E-state index in [4.69, 9.17) is 14.6 Å². The summed E-state index contributed by atoms with van der Waals surface area (Å²) in [6.07, 6.45) is 3.87. The number of hydrogen-bond acceptors (Lipinski definition) is 6. The first-order valence-corrected chi connectivity index (χ1v) is 8.65. The lowest BCUT2D eigenvalue weighted by atomic mass is 9.85. The van der Waals surface area contributed by atoms with E-state index < -0.39 is 36.2 Å². The van der Waals surface area contributed by atoms with Crippen molar-refractivity contribution < 1.29 is 29.3 Å². The molecule has 2 aliphatic rings. The van der Waals surface area contributed by atoms with Crippen LogP contribution in [-0.4, -0.2) is 47.1 Å². The van der Waals surface area contributed by atoms with Gasteiger partial charge in [0, 0.05) is 17.6 Å². The molecule has 0 spiro atoms. The Morgan fingerprint density at radius 2 is 2.15 bits per heavy atom. The van der Waals surface area contributed by atoms with Crippen LogP contribution < -0.4 is 0 Å². The Bertz CT molecular complexity index is 684. The Balaban J connectivity index is 2.39. The van der Waals surface area contributed by atoms with E-state index in [0.29, 0.717) is 24.0 Å². The first kappa shape index (κ1) is 20.1. The van der Waals surface area contributed by atoms with Gasteiger partial charge in [-0.05, 0) is 44.9 Å². The van der Waals surface area contributed by atoms with Crippen LogP contribution >= 0.6 is 0 Å². The zero-order valence-electron chi connectivity index (χ0n) is 15.4. The second-order valence-electron chi connectivity index (χ2n) is 6.85. The maximum Gasteiger partial charge on any atom is 0.334 e. The number of hydrogen-bond donors (Lipinski definition) is 2. The van der Waals surface area contributed by atoms with Gasteiger partial charge in [-0.25, -0.2) is 9.59 Å². The summed E-state index contributed by atoms with van der Waals surface area (Å²) in [6.45, 7) is 8.79. The number of aliphatic hydroxyl groups is 2. The quantitative estimate of drug-likeness (QED) is 0.453. The second kappa shape index (κ2) is 8.47. The van der Waals surface area contributed by atoms with Crippen LogP contribution in [-0.2, 0) is 19.1 Å². The molecule has 0 saturated carbocycles. The SMILES string of the molecule is C=C1C(=O)O[C@H]2/C=C(/C)[C@@H](O)C/C=C(/C)C[C@@H](OC(=O)/C(C)=C/CO)[C@@H]12. The van der Waals surface area contributed by atoms with Gasteiger partial charge in [-0.2, -0.15) is 0 Å². The molecule has 0 aromatic carbocycles. The third-order valence-corrected chi connectivity index (χ3v) is 4.81. The summed E-state index contributed by atoms with van der Waals surface area (Å²) in [4.78, 5) is 24.4. The molecule has 2 rings (SSSR count). The predicted molar refractivity (Wildman–Crippen MR) is 96.0 cm³/mol. The maximum absolute atomic E-state index is 12.3. The standard InChI is InChI=1S/C20H26O6/c1-11-5-6-15(22)13(3)10-17-18(14(4)20(24)26-17)16(9-11)25-19(23)12(2)7-8-21/h5,7,10,15-18,21-22H,4,6,8-9H2,1-3H3/b11-5-,12-7+,13-10-/t15-,16+,17-,18+/m0/s1. The van der Waals surface area contributed by atoms with Crippen LogP contribution in [0.2, 0.25) is 0 Å². The highest BCUT2D eigenvalue weighted by atomic mass is 16.6. The minimum absolute atomic E-state index is 0.253. The molecular formula is C20H26O6. The lowest BCUT2D eigenvalue weighted by Gasteiger charge is -2.28. The fourth-order valence-corrected chi connectivity index (χ4v) is 3.14. The van der Waals surface area contributed by atoms with Gasteiger partial charge in [0.05, 0.1) is 18.6 Å². The number of carbonyl (C=O) groups is 2. The largest absolute Gasteiger partial charge is 0.458 e. The molecule has 1 fully saturated rings. The molecule has 0 unspecified atom stereocenters. The van der Waals surface area contributed by atoms with Crippen molar-refractivity contribution in [3.05, 3.63) is 47.1 Å². The van der Waals surface area contributed by atoms with Gasteiger partial charge in [0.15, 0.2) is 0 Å². The van der Waals surface area contributed by atoms with Gasteiger partial charge in [-0.15, -0.1) is 0 Å². The summed E-state index contributed by atoms with van der Waals surface area (Å²) < 4.78 is 11.1. The van der Waals surface area contributed by atoms with Gasteiger partial charge >= 0.3 is 11.9 Å². The molecular weight excluding hydrogens is 336 g/mol. The molecule has 1 saturated heterocycles. The molecule has 1 aliphatic heterocycles. The van der Waals surface area contributed by atoms with Gasteiger partial charge in [-0.1, -0.05) is 18.2 Å². The molecule has 0 bridgehead atoms. The lowest BCUT2D eigenvalue weighted by Crippen LogP contribution is -2.34. The maximum atomic E-state index is 12.3. The zero-order valence-corrected chi connectivity index (χ0v) is 15.4. The Kier molecular flexibility index (Phi) is 6.56. The Hall–Kier alpha value is -2.18. The summed E-state index contributed by atoms with van der Waals surface area (Å²) in [5.74, 6) is -1.61. The average molecular weight is 362 g/mol. The molecule has 1 heterocycles. The highest BCUT2D eigenvalue weighted by Gasteiger charge is 2.44. The third kappa shape index (κ3) is 4.51. The molecule has 6 heteroatoms. The van der Waals surface area contributed by atoms with Crippen LogP contribution in [0.15, 0.2) is 47.1 Å². The zero-order chi connectivity index (χ0) is 19.4. The molecule has 6 nitrogen and oxygen atoms in total. The van der Waals surface area contributed by atoms with E-state index in [1.54, 1.807) is 19.9 Å². The Morgan fingerprint density at radius 1 is 1.46 bits per heavy atom. The number of aliphatic hydroxyl groups excluding tert-OH is 2. The molecule has 0 amide bonds. The van der Waals surface area contributed by atoms with E-state index in [9.17, 15) is 14.7 Å². The van der Waals surface area contributed by atoms with Crippen molar-refractivity contribution in [1.82, 2.24) is 0 Å². The van der Waals surface area contributed by atoms with Gasteiger partial charge in [0.2, 0.25) is 0 Å². The van der Waals surface area contributed by atoms with Crippen LogP contribution in [0.3, 0.4) is 0 Å². The molecule has 0 aromatic heterocycles. The third-order valence-electron chi connectivity index (χ3n) is 4.81. The molecule has 4 atom stereocenters. The van der Waals surface area contributed by atoms with Gasteiger partial charge in [0.1, 0.15) is 12.2 Å². The number of esters is 2. The average Bonchev–Trinajstić information content (AvgIpc) is 2.85. The highest BCUT2D eigenvalue weighted by molar-refractivity contribution is 5.92. The lowest BCUT2D eigenvalue weighted by molar-refractivity contribution is -0.147. The number of rotatable bonds is 3. The van der Waals surface area contributed by atoms with Crippen LogP contribution in [0.1, 0.15) is 33.6 Å². The monoisotopic (exact) mass is 362 g/mol. The van der Waals surface area contributed by atoms with Crippen molar-refractivity contribution in [2.75, 3.05) is 6.61 Å². The van der Waals surface area contributed by atoms with E-state index in [-0.39, 0.29) is 12.2 Å². The van der Waals surface area contributed by atoms with Gasteiger partial charge < -0.3 is 19.7 Å². The van der Waals surface area contributed by atoms with Crippen molar-refractivity contribution in [3.63, 3.8) is 0 Å². The minimum Gasteiger partial charge on any atom is -0.458 e. The van der Waals surface area contributed by atoms with Crippen LogP contribution in [0.25, 0.3) is 0 Å². The fourth-order valence-electron chi connectivity index (χ4n) is 3.14. The van der Waals surface area contributed by atoms with E-state index >= 15 is 0 Å². The van der Waals surface area contributed by atoms with Crippen molar-refractivity contribution in [2.24, 2.45) is 5.92 Å². The van der Waals surface area contributed by atoms with Gasteiger partial charge in [-0.3, -0.25) is 0 Å². The van der Waals surface area contributed by atoms with E-state index in [1.807, 2.05) is 13.0 Å². The summed E-state index contributed by atoms with van der Waals surface area (Å²) in [5, 5.41) is 19.2. The molecule has 0 radical (unpaired) electrons. The van der Waals surface area contributed by atoms with Crippen LogP contribution in [0, 0.1) is 5.92 Å². The summed E-state index contributed by atoms with van der Waals surface area (Å²) >= 11 is 0. The summed E-state index contributed by atoms with van der Waals surface area (Å²) in [5.41, 5.74) is 2.17. The smallest absolute Gasteiger partial charge is 0.334 e. The van der Waals surface area contributed by atoms with Crippen molar-refractivity contribution >= 4 is 11.9 Å². The first-order valence-electron chi connectivity index (χ1n) is 8.65. The first-order chi connectivity index (χ1) is 12.2. The van der Waals surface area contributed by atoms with Crippen LogP contribution in [0.4, 0.5) is 0 Å². The number of ether oxygens (including phenoxy) is 2. The Morgan fingerprint density at radius 3 is 2.81 bits per heavy atom. The normalized spacial score (nSPS) is 34.1. The number of carbonyl (C=O) groups excluding carboxylic acids is 2. The summed E-state index contributed by atoms with van der Waals surface area (Å²) in [6, 6.07) is 0. The second-order valence-corrected chi connectivity index (χ2v) is 6.85. The topological polar surface area (TPSA) is 93.1 Å². The molecule has 142 valence electrons. The highest BCUT2D eigenvalue weighted by Crippen LogP contribution is 2.36. The van der Waals surface area contributed by atoms with E-state index in [2.05, 4.69) is 6.58 Å². The van der Waals surface area contributed by atoms with Gasteiger partial charge in [0.25, 0.3) is 0 Å². The minimum atomic E-state index is -0.660. The molecule has 2 N–H and O–H groups in total. The molecule has 0 aromatic rings. The van der Waals surface area contributed by atoms with Crippen molar-refractivity contribution in [3.8, 4) is 0 Å². The number of fused-ring (bicyclic) bond motifs is 1. The molecule has 1 aliphatic carbocycles. The predicted octanol–water partition coefficient (Wildman–Crippen LogP) is 1.98. The van der Waals surface area contributed by atoms with Crippen molar-refractivity contribution in [1.29, 1.82) is 0 Å². The van der Waals surface area contributed by atoms with E-state index in [0.717, 1.165) is 5.57 Å². The fraction of sp³-hybridized carbons (Fsp3) is 0.500. The van der Waals surface area contributed by atoms with E-state index in [1.165, 1.54) is 6.08 Å². The van der Waals surface area contributed by atoms with Crippen LogP contribution in [0.5, 0.6) is 0 Å².